The first kappa shape index (κ1) is 8.62. The van der Waals surface area contributed by atoms with Crippen LogP contribution in [0.5, 0.6) is 0 Å². The molecule has 1 aromatic carbocycles. The first-order valence-corrected chi connectivity index (χ1v) is 4.22. The summed E-state index contributed by atoms with van der Waals surface area (Å²) >= 11 is 0. The zero-order chi connectivity index (χ0) is 9.97. The van der Waals surface area contributed by atoms with E-state index in [4.69, 9.17) is 0 Å². The Balaban J connectivity index is 2.61. The predicted octanol–water partition coefficient (Wildman–Crippen LogP) is 1.39. The molecule has 0 atom stereocenters. The third-order valence-electron chi connectivity index (χ3n) is 1.98. The summed E-state index contributed by atoms with van der Waals surface area (Å²) in [6.45, 7) is 1.97. The summed E-state index contributed by atoms with van der Waals surface area (Å²) in [5, 5.41) is 3.98. The van der Waals surface area contributed by atoms with E-state index in [0.717, 1.165) is 17.5 Å². The zero-order valence-electron chi connectivity index (χ0n) is 7.71. The molecule has 0 saturated heterocycles. The van der Waals surface area contributed by atoms with Gasteiger partial charge in [0, 0.05) is 5.56 Å². The summed E-state index contributed by atoms with van der Waals surface area (Å²) < 4.78 is 1.58. The fourth-order valence-electron chi connectivity index (χ4n) is 1.28. The van der Waals surface area contributed by atoms with Gasteiger partial charge in [-0.2, -0.15) is 5.10 Å². The molecule has 70 valence electrons. The molecule has 0 aliphatic rings. The number of aromatic nitrogens is 3. The van der Waals surface area contributed by atoms with Crippen LogP contribution in [0.1, 0.15) is 15.9 Å². The van der Waals surface area contributed by atoms with Crippen LogP contribution in [0.3, 0.4) is 0 Å². The zero-order valence-corrected chi connectivity index (χ0v) is 7.71. The van der Waals surface area contributed by atoms with Crippen molar-refractivity contribution in [2.75, 3.05) is 0 Å². The van der Waals surface area contributed by atoms with Gasteiger partial charge in [0.05, 0.1) is 5.69 Å². The predicted molar refractivity (Wildman–Crippen MR) is 51.5 cm³/mol. The van der Waals surface area contributed by atoms with Crippen LogP contribution in [0.25, 0.3) is 5.69 Å². The van der Waals surface area contributed by atoms with E-state index < -0.39 is 0 Å². The van der Waals surface area contributed by atoms with Gasteiger partial charge >= 0.3 is 0 Å². The van der Waals surface area contributed by atoms with Gasteiger partial charge < -0.3 is 0 Å². The molecule has 0 aliphatic carbocycles. The van der Waals surface area contributed by atoms with Gasteiger partial charge in [-0.3, -0.25) is 4.79 Å². The quantitative estimate of drug-likeness (QED) is 0.667. The van der Waals surface area contributed by atoms with Crippen molar-refractivity contribution in [1.82, 2.24) is 14.8 Å². The highest BCUT2D eigenvalue weighted by Gasteiger charge is 2.04. The molecule has 0 saturated carbocycles. The van der Waals surface area contributed by atoms with Crippen LogP contribution in [0.4, 0.5) is 0 Å². The van der Waals surface area contributed by atoms with Crippen LogP contribution in [0.15, 0.2) is 30.9 Å². The summed E-state index contributed by atoms with van der Waals surface area (Å²) in [4.78, 5) is 14.6. The lowest BCUT2D eigenvalue weighted by Crippen LogP contribution is -1.99. The highest BCUT2D eigenvalue weighted by Crippen LogP contribution is 2.13. The minimum Gasteiger partial charge on any atom is -0.298 e. The number of hydrogen-bond donors (Lipinski definition) is 0. The van der Waals surface area contributed by atoms with Gasteiger partial charge in [-0.15, -0.1) is 0 Å². The smallest absolute Gasteiger partial charge is 0.152 e. The first-order chi connectivity index (χ1) is 6.81. The fraction of sp³-hybridized carbons (Fsp3) is 0.100. The van der Waals surface area contributed by atoms with Crippen LogP contribution in [-0.4, -0.2) is 21.1 Å². The molecule has 0 fully saturated rings. The molecule has 0 amide bonds. The summed E-state index contributed by atoms with van der Waals surface area (Å²) in [6.07, 6.45) is 3.83. The highest BCUT2D eigenvalue weighted by atomic mass is 16.1. The second kappa shape index (κ2) is 3.41. The van der Waals surface area contributed by atoms with E-state index >= 15 is 0 Å². The molecule has 1 aromatic heterocycles. The number of nitrogens with zero attached hydrogens (tertiary/aromatic N) is 3. The average Bonchev–Trinajstić information content (AvgIpc) is 2.70. The Labute approximate surface area is 81.2 Å². The number of rotatable bonds is 2. The van der Waals surface area contributed by atoms with Gasteiger partial charge in [-0.25, -0.2) is 9.67 Å². The molecule has 0 N–H and O–H groups in total. The number of hydrogen-bond acceptors (Lipinski definition) is 3. The molecule has 2 aromatic rings. The topological polar surface area (TPSA) is 47.8 Å². The number of aryl methyl sites for hydroxylation is 1. The van der Waals surface area contributed by atoms with Crippen LogP contribution in [-0.2, 0) is 0 Å². The number of carbonyl (C=O) groups is 1. The lowest BCUT2D eigenvalue weighted by Gasteiger charge is -2.04. The van der Waals surface area contributed by atoms with Gasteiger partial charge in [0.25, 0.3) is 0 Å². The van der Waals surface area contributed by atoms with Crippen molar-refractivity contribution in [2.24, 2.45) is 0 Å². The van der Waals surface area contributed by atoms with E-state index in [9.17, 15) is 4.79 Å². The summed E-state index contributed by atoms with van der Waals surface area (Å²) in [5.74, 6) is 0. The van der Waals surface area contributed by atoms with E-state index in [1.165, 1.54) is 6.33 Å². The van der Waals surface area contributed by atoms with E-state index in [1.807, 2.05) is 19.1 Å². The van der Waals surface area contributed by atoms with Crippen LogP contribution in [0.2, 0.25) is 0 Å². The molecule has 14 heavy (non-hydrogen) atoms. The Morgan fingerprint density at radius 3 is 2.93 bits per heavy atom. The Kier molecular flexibility index (Phi) is 2.10. The van der Waals surface area contributed by atoms with Gasteiger partial charge in [-0.05, 0) is 24.6 Å². The van der Waals surface area contributed by atoms with Crippen molar-refractivity contribution < 1.29 is 4.79 Å². The van der Waals surface area contributed by atoms with Crippen LogP contribution >= 0.6 is 0 Å². The monoisotopic (exact) mass is 187 g/mol. The van der Waals surface area contributed by atoms with Crippen LogP contribution < -0.4 is 0 Å². The Bertz CT molecular complexity index is 448. The maximum atomic E-state index is 10.8. The number of aldehydes is 1. The molecule has 0 bridgehead atoms. The third-order valence-corrected chi connectivity index (χ3v) is 1.98. The second-order valence-corrected chi connectivity index (χ2v) is 3.02. The Morgan fingerprint density at radius 1 is 1.43 bits per heavy atom. The minimum absolute atomic E-state index is 0.612. The summed E-state index contributed by atoms with van der Waals surface area (Å²) in [5.41, 5.74) is 2.46. The normalized spacial score (nSPS) is 10.1. The van der Waals surface area contributed by atoms with Crippen molar-refractivity contribution in [3.63, 3.8) is 0 Å². The van der Waals surface area contributed by atoms with E-state index in [0.29, 0.717) is 5.56 Å². The maximum absolute atomic E-state index is 10.8. The first-order valence-electron chi connectivity index (χ1n) is 4.22. The van der Waals surface area contributed by atoms with E-state index in [2.05, 4.69) is 10.1 Å². The van der Waals surface area contributed by atoms with Gasteiger partial charge in [-0.1, -0.05) is 6.07 Å². The van der Waals surface area contributed by atoms with Crippen molar-refractivity contribution in [3.8, 4) is 5.69 Å². The SMILES string of the molecule is Cc1ccc(C=O)c(-n2cncn2)c1. The second-order valence-electron chi connectivity index (χ2n) is 3.02. The Morgan fingerprint density at radius 2 is 2.29 bits per heavy atom. The van der Waals surface area contributed by atoms with Crippen molar-refractivity contribution in [1.29, 1.82) is 0 Å². The fourth-order valence-corrected chi connectivity index (χ4v) is 1.28. The molecule has 0 aliphatic heterocycles. The number of benzene rings is 1. The highest BCUT2D eigenvalue weighted by molar-refractivity contribution is 5.80. The lowest BCUT2D eigenvalue weighted by molar-refractivity contribution is 0.112. The summed E-state index contributed by atoms with van der Waals surface area (Å²) in [6, 6.07) is 5.57. The van der Waals surface area contributed by atoms with Crippen molar-refractivity contribution >= 4 is 6.29 Å². The molecule has 0 radical (unpaired) electrons. The van der Waals surface area contributed by atoms with Crippen molar-refractivity contribution in [3.05, 3.63) is 42.0 Å². The van der Waals surface area contributed by atoms with E-state index in [1.54, 1.807) is 17.1 Å². The van der Waals surface area contributed by atoms with Gasteiger partial charge in [0.15, 0.2) is 6.29 Å². The molecule has 1 heterocycles. The van der Waals surface area contributed by atoms with E-state index in [-0.39, 0.29) is 0 Å². The Hall–Kier alpha value is -1.97. The summed E-state index contributed by atoms with van der Waals surface area (Å²) in [7, 11) is 0. The lowest BCUT2D eigenvalue weighted by atomic mass is 10.1. The molecular formula is C10H9N3O. The molecular weight excluding hydrogens is 178 g/mol. The van der Waals surface area contributed by atoms with Gasteiger partial charge in [0.2, 0.25) is 0 Å². The average molecular weight is 187 g/mol. The maximum Gasteiger partial charge on any atom is 0.152 e. The third kappa shape index (κ3) is 1.42. The minimum atomic E-state index is 0.612. The molecule has 2 rings (SSSR count). The molecule has 4 heteroatoms. The van der Waals surface area contributed by atoms with Gasteiger partial charge in [0.1, 0.15) is 12.7 Å². The standard InChI is InChI=1S/C10H9N3O/c1-8-2-3-9(5-14)10(4-8)13-7-11-6-12-13/h2-7H,1H3. The number of carbonyl (C=O) groups excluding carboxylic acids is 1. The van der Waals surface area contributed by atoms with Crippen LogP contribution in [0, 0.1) is 6.92 Å². The molecule has 0 spiro atoms. The molecule has 0 unspecified atom stereocenters. The molecule has 4 nitrogen and oxygen atoms in total. The van der Waals surface area contributed by atoms with Crippen molar-refractivity contribution in [2.45, 2.75) is 6.92 Å². The largest absolute Gasteiger partial charge is 0.298 e.